The molecule has 0 radical (unpaired) electrons. The zero-order valence-electron chi connectivity index (χ0n) is 16.2. The van der Waals surface area contributed by atoms with Crippen LogP contribution in [0.25, 0.3) is 16.8 Å². The molecule has 0 aliphatic carbocycles. The summed E-state index contributed by atoms with van der Waals surface area (Å²) in [6.45, 7) is 5.31. The molecule has 0 bridgehead atoms. The highest BCUT2D eigenvalue weighted by Crippen LogP contribution is 2.30. The maximum Gasteiger partial charge on any atom is 0.413 e. The Morgan fingerprint density at radius 1 is 1.14 bits per heavy atom. The smallest absolute Gasteiger partial charge is 0.413 e. The highest BCUT2D eigenvalue weighted by atomic mass is 16.6. The van der Waals surface area contributed by atoms with E-state index in [1.807, 2.05) is 6.07 Å². The van der Waals surface area contributed by atoms with Gasteiger partial charge in [0.2, 0.25) is 0 Å². The van der Waals surface area contributed by atoms with E-state index in [1.54, 1.807) is 50.8 Å². The summed E-state index contributed by atoms with van der Waals surface area (Å²) in [7, 11) is 2.96. The van der Waals surface area contributed by atoms with Crippen LogP contribution in [0, 0.1) is 0 Å². The molecule has 3 rings (SSSR count). The Bertz CT molecular complexity index is 1030. The third-order valence-corrected chi connectivity index (χ3v) is 3.49. The lowest BCUT2D eigenvalue weighted by Gasteiger charge is -2.19. The molecule has 3 aromatic rings. The van der Waals surface area contributed by atoms with Crippen LogP contribution < -0.4 is 10.6 Å². The summed E-state index contributed by atoms with van der Waals surface area (Å²) in [5.74, 6) is 0.306. The lowest BCUT2D eigenvalue weighted by atomic mass is 10.2. The Balaban J connectivity index is 2.03. The summed E-state index contributed by atoms with van der Waals surface area (Å²) in [6, 6.07) is 3.59. The van der Waals surface area contributed by atoms with E-state index in [4.69, 9.17) is 4.74 Å². The molecule has 11 nitrogen and oxygen atoms in total. The lowest BCUT2D eigenvalue weighted by molar-refractivity contribution is 0.0635. The van der Waals surface area contributed by atoms with E-state index in [0.717, 1.165) is 0 Å². The highest BCUT2D eigenvalue weighted by molar-refractivity contribution is 5.92. The fourth-order valence-electron chi connectivity index (χ4n) is 2.48. The van der Waals surface area contributed by atoms with Gasteiger partial charge in [0.15, 0.2) is 5.82 Å². The number of hydrogen-bond acceptors (Lipinski definition) is 7. The van der Waals surface area contributed by atoms with Crippen LogP contribution in [-0.2, 0) is 16.5 Å². The van der Waals surface area contributed by atoms with Crippen LogP contribution in [0.5, 0.6) is 0 Å². The predicted octanol–water partition coefficient (Wildman–Crippen LogP) is 2.66. The lowest BCUT2D eigenvalue weighted by Crippen LogP contribution is -2.27. The van der Waals surface area contributed by atoms with Gasteiger partial charge in [-0.2, -0.15) is 5.10 Å². The quantitative estimate of drug-likeness (QED) is 0.708. The standard InChI is InChI=1S/C17H21N7O4/c1-17(2,3)28-16(26)19-13-10(9-23(4)21-13)12-11-7-6-8-24(11)22-14(18-12)20-15(25)27-5/h6-9H,1-5H3,(H,19,21,26)(H,20,22,25). The van der Waals surface area contributed by atoms with Crippen LogP contribution in [0.2, 0.25) is 0 Å². The average Bonchev–Trinajstić information content (AvgIpc) is 3.18. The third kappa shape index (κ3) is 4.19. The Kier molecular flexibility index (Phi) is 4.91. The maximum absolute atomic E-state index is 12.2. The van der Waals surface area contributed by atoms with Crippen molar-refractivity contribution in [3.8, 4) is 11.3 Å². The Labute approximate surface area is 160 Å². The maximum atomic E-state index is 12.2. The van der Waals surface area contributed by atoms with E-state index < -0.39 is 17.8 Å². The molecule has 0 aliphatic rings. The SMILES string of the molecule is COC(=O)Nc1nc(-c2cn(C)nc2NC(=O)OC(C)(C)C)c2cccn2n1. The zero-order chi connectivity index (χ0) is 20.5. The van der Waals surface area contributed by atoms with Crippen molar-refractivity contribution < 1.29 is 19.1 Å². The first-order chi connectivity index (χ1) is 13.2. The van der Waals surface area contributed by atoms with Crippen LogP contribution in [0.15, 0.2) is 24.5 Å². The van der Waals surface area contributed by atoms with E-state index >= 15 is 0 Å². The number of anilines is 2. The number of methoxy groups -OCH3 is 1. The molecule has 11 heteroatoms. The molecule has 0 atom stereocenters. The fourth-order valence-corrected chi connectivity index (χ4v) is 2.48. The molecule has 0 saturated heterocycles. The van der Waals surface area contributed by atoms with Gasteiger partial charge in [-0.15, -0.1) is 5.10 Å². The molecule has 3 heterocycles. The molecule has 3 aromatic heterocycles. The van der Waals surface area contributed by atoms with Crippen molar-refractivity contribution in [1.82, 2.24) is 24.4 Å². The minimum atomic E-state index is -0.698. The number of rotatable bonds is 3. The minimum Gasteiger partial charge on any atom is -0.453 e. The number of aryl methyl sites for hydroxylation is 1. The van der Waals surface area contributed by atoms with Gasteiger partial charge in [-0.1, -0.05) is 0 Å². The summed E-state index contributed by atoms with van der Waals surface area (Å²) in [6.07, 6.45) is 2.07. The number of nitrogens with one attached hydrogen (secondary N) is 2. The molecular weight excluding hydrogens is 366 g/mol. The van der Waals surface area contributed by atoms with Crippen molar-refractivity contribution in [3.63, 3.8) is 0 Å². The van der Waals surface area contributed by atoms with Crippen molar-refractivity contribution in [3.05, 3.63) is 24.5 Å². The van der Waals surface area contributed by atoms with Crippen molar-refractivity contribution in [2.75, 3.05) is 17.7 Å². The fraction of sp³-hybridized carbons (Fsp3) is 0.353. The van der Waals surface area contributed by atoms with Crippen LogP contribution in [0.1, 0.15) is 20.8 Å². The van der Waals surface area contributed by atoms with Gasteiger partial charge in [0.1, 0.15) is 11.3 Å². The van der Waals surface area contributed by atoms with Gasteiger partial charge in [-0.25, -0.2) is 19.1 Å². The van der Waals surface area contributed by atoms with Crippen LogP contribution in [-0.4, -0.2) is 49.3 Å². The number of ether oxygens (including phenoxy) is 2. The predicted molar refractivity (Wildman–Crippen MR) is 101 cm³/mol. The van der Waals surface area contributed by atoms with Crippen molar-refractivity contribution in [2.45, 2.75) is 26.4 Å². The van der Waals surface area contributed by atoms with Crippen molar-refractivity contribution in [2.24, 2.45) is 7.05 Å². The van der Waals surface area contributed by atoms with Crippen molar-refractivity contribution in [1.29, 1.82) is 0 Å². The second kappa shape index (κ2) is 7.18. The normalized spacial score (nSPS) is 11.3. The minimum absolute atomic E-state index is 0.0395. The van der Waals surface area contributed by atoms with E-state index in [-0.39, 0.29) is 11.8 Å². The number of carbonyl (C=O) groups excluding carboxylic acids is 2. The van der Waals surface area contributed by atoms with Crippen LogP contribution in [0.4, 0.5) is 21.4 Å². The average molecular weight is 387 g/mol. The van der Waals surface area contributed by atoms with E-state index in [2.05, 4.69) is 30.6 Å². The molecule has 2 N–H and O–H groups in total. The largest absolute Gasteiger partial charge is 0.453 e. The number of carbonyl (C=O) groups is 2. The molecular formula is C17H21N7O4. The summed E-state index contributed by atoms with van der Waals surface area (Å²) in [5, 5.41) is 13.6. The van der Waals surface area contributed by atoms with Crippen LogP contribution >= 0.6 is 0 Å². The Hall–Kier alpha value is -3.63. The van der Waals surface area contributed by atoms with E-state index in [9.17, 15) is 9.59 Å². The molecule has 0 aliphatic heterocycles. The number of aromatic nitrogens is 5. The van der Waals surface area contributed by atoms with E-state index in [1.165, 1.54) is 11.8 Å². The summed E-state index contributed by atoms with van der Waals surface area (Å²) in [5.41, 5.74) is 1.01. The molecule has 0 saturated carbocycles. The van der Waals surface area contributed by atoms with Gasteiger partial charge >= 0.3 is 12.2 Å². The summed E-state index contributed by atoms with van der Waals surface area (Å²) < 4.78 is 13.0. The van der Waals surface area contributed by atoms with Gasteiger partial charge in [0.05, 0.1) is 18.2 Å². The first kappa shape index (κ1) is 19.1. The van der Waals surface area contributed by atoms with Gasteiger partial charge in [-0.3, -0.25) is 15.3 Å². The molecule has 0 fully saturated rings. The zero-order valence-corrected chi connectivity index (χ0v) is 16.2. The van der Waals surface area contributed by atoms with Gasteiger partial charge < -0.3 is 9.47 Å². The highest BCUT2D eigenvalue weighted by Gasteiger charge is 2.22. The third-order valence-electron chi connectivity index (χ3n) is 3.49. The molecule has 28 heavy (non-hydrogen) atoms. The molecule has 2 amide bonds. The molecule has 148 valence electrons. The van der Waals surface area contributed by atoms with Gasteiger partial charge in [0, 0.05) is 19.4 Å². The molecule has 0 unspecified atom stereocenters. The van der Waals surface area contributed by atoms with Gasteiger partial charge in [-0.05, 0) is 32.9 Å². The second-order valence-electron chi connectivity index (χ2n) is 6.93. The monoisotopic (exact) mass is 387 g/mol. The number of hydrogen-bond donors (Lipinski definition) is 2. The number of nitrogens with zero attached hydrogens (tertiary/aromatic N) is 5. The topological polar surface area (TPSA) is 125 Å². The summed E-state index contributed by atoms with van der Waals surface area (Å²) >= 11 is 0. The summed E-state index contributed by atoms with van der Waals surface area (Å²) in [4.78, 5) is 28.1. The molecule has 0 aromatic carbocycles. The molecule has 0 spiro atoms. The Morgan fingerprint density at radius 2 is 1.89 bits per heavy atom. The van der Waals surface area contributed by atoms with Gasteiger partial charge in [0.25, 0.3) is 5.95 Å². The number of amides is 2. The Morgan fingerprint density at radius 3 is 2.57 bits per heavy atom. The van der Waals surface area contributed by atoms with E-state index in [0.29, 0.717) is 16.8 Å². The second-order valence-corrected chi connectivity index (χ2v) is 6.93. The first-order valence-electron chi connectivity index (χ1n) is 8.40. The number of fused-ring (bicyclic) bond motifs is 1. The van der Waals surface area contributed by atoms with Crippen molar-refractivity contribution >= 4 is 29.5 Å². The first-order valence-corrected chi connectivity index (χ1v) is 8.40. The van der Waals surface area contributed by atoms with Crippen LogP contribution in [0.3, 0.4) is 0 Å².